The van der Waals surface area contributed by atoms with Crippen LogP contribution in [0.2, 0.25) is 5.15 Å². The number of rotatable bonds is 4. The summed E-state index contributed by atoms with van der Waals surface area (Å²) in [6.45, 7) is 0. The van der Waals surface area contributed by atoms with E-state index in [1.54, 1.807) is 0 Å². The fourth-order valence-corrected chi connectivity index (χ4v) is 1.72. The van der Waals surface area contributed by atoms with Gasteiger partial charge in [-0.3, -0.25) is 10.1 Å². The Morgan fingerprint density at radius 3 is 2.64 bits per heavy atom. The van der Waals surface area contributed by atoms with Gasteiger partial charge in [0.25, 0.3) is 0 Å². The summed E-state index contributed by atoms with van der Waals surface area (Å²) in [6, 6.07) is 7.18. The van der Waals surface area contributed by atoms with E-state index in [9.17, 15) is 23.3 Å². The van der Waals surface area contributed by atoms with Gasteiger partial charge in [-0.05, 0) is 18.2 Å². The zero-order valence-electron chi connectivity index (χ0n) is 10.6. The van der Waals surface area contributed by atoms with Crippen molar-refractivity contribution < 1.29 is 22.8 Å². The lowest BCUT2D eigenvalue weighted by Crippen LogP contribution is -2.17. The molecule has 0 amide bonds. The fourth-order valence-electron chi connectivity index (χ4n) is 1.57. The summed E-state index contributed by atoms with van der Waals surface area (Å²) in [7, 11) is 0. The Kier molecular flexibility index (Phi) is 4.36. The van der Waals surface area contributed by atoms with Crippen LogP contribution in [0.1, 0.15) is 0 Å². The largest absolute Gasteiger partial charge is 0.573 e. The van der Waals surface area contributed by atoms with Crippen molar-refractivity contribution in [2.45, 2.75) is 6.36 Å². The number of hydrogen-bond acceptors (Lipinski definition) is 5. The maximum absolute atomic E-state index is 12.2. The minimum atomic E-state index is -4.83. The minimum absolute atomic E-state index is 0.00389. The molecule has 0 saturated carbocycles. The summed E-state index contributed by atoms with van der Waals surface area (Å²) in [5.74, 6) is -0.663. The van der Waals surface area contributed by atoms with Crippen molar-refractivity contribution in [2.24, 2.45) is 0 Å². The van der Waals surface area contributed by atoms with E-state index in [0.717, 1.165) is 18.2 Å². The van der Waals surface area contributed by atoms with Gasteiger partial charge < -0.3 is 10.1 Å². The molecule has 1 N–H and O–H groups in total. The molecule has 0 saturated heterocycles. The highest BCUT2D eigenvalue weighted by molar-refractivity contribution is 6.29. The lowest BCUT2D eigenvalue weighted by molar-refractivity contribution is -0.384. The predicted molar refractivity (Wildman–Crippen MR) is 72.3 cm³/mol. The van der Waals surface area contributed by atoms with Gasteiger partial charge in [-0.15, -0.1) is 13.2 Å². The number of anilines is 2. The molecule has 1 heterocycles. The first kappa shape index (κ1) is 15.8. The van der Waals surface area contributed by atoms with Gasteiger partial charge in [-0.1, -0.05) is 17.7 Å². The van der Waals surface area contributed by atoms with Crippen LogP contribution >= 0.6 is 11.6 Å². The topological polar surface area (TPSA) is 77.3 Å². The summed E-state index contributed by atoms with van der Waals surface area (Å²) < 4.78 is 40.2. The van der Waals surface area contributed by atoms with Crippen molar-refractivity contribution in [3.63, 3.8) is 0 Å². The number of nitro groups is 1. The second-order valence-electron chi connectivity index (χ2n) is 3.96. The Bertz CT molecular complexity index is 710. The highest BCUT2D eigenvalue weighted by Gasteiger charge is 2.31. The van der Waals surface area contributed by atoms with Crippen molar-refractivity contribution in [2.75, 3.05) is 5.32 Å². The first-order valence-corrected chi connectivity index (χ1v) is 6.06. The zero-order valence-corrected chi connectivity index (χ0v) is 11.4. The molecule has 0 atom stereocenters. The van der Waals surface area contributed by atoms with Gasteiger partial charge in [0.1, 0.15) is 10.9 Å². The molecule has 0 aliphatic carbocycles. The summed E-state index contributed by atoms with van der Waals surface area (Å²) in [6.07, 6.45) is -4.83. The van der Waals surface area contributed by atoms with Crippen LogP contribution in [0.5, 0.6) is 5.75 Å². The molecular formula is C12H7ClF3N3O3. The molecule has 2 aromatic rings. The predicted octanol–water partition coefficient (Wildman–Crippen LogP) is 4.29. The van der Waals surface area contributed by atoms with Crippen LogP contribution in [0.4, 0.5) is 30.4 Å². The molecule has 6 nitrogen and oxygen atoms in total. The van der Waals surface area contributed by atoms with Crippen LogP contribution in [0.25, 0.3) is 0 Å². The van der Waals surface area contributed by atoms with Crippen LogP contribution in [-0.2, 0) is 0 Å². The number of hydrogen-bond donors (Lipinski definition) is 1. The summed E-state index contributed by atoms with van der Waals surface area (Å²) in [5.41, 5.74) is -0.244. The van der Waals surface area contributed by atoms with Crippen molar-refractivity contribution in [1.82, 2.24) is 4.98 Å². The van der Waals surface area contributed by atoms with Crippen LogP contribution < -0.4 is 10.1 Å². The van der Waals surface area contributed by atoms with E-state index in [0.29, 0.717) is 0 Å². The Balaban J connectivity index is 2.30. The molecular weight excluding hydrogens is 327 g/mol. The fraction of sp³-hybridized carbons (Fsp3) is 0.0833. The number of nitrogens with zero attached hydrogens (tertiary/aromatic N) is 2. The van der Waals surface area contributed by atoms with Gasteiger partial charge in [0.05, 0.1) is 4.92 Å². The molecule has 0 spiro atoms. The molecule has 0 radical (unpaired) electrons. The number of halogens is 4. The van der Waals surface area contributed by atoms with Crippen molar-refractivity contribution in [3.05, 3.63) is 51.7 Å². The van der Waals surface area contributed by atoms with Crippen molar-refractivity contribution >= 4 is 28.8 Å². The zero-order chi connectivity index (χ0) is 16.3. The number of pyridine rings is 1. The Hall–Kier alpha value is -2.55. The maximum atomic E-state index is 12.2. The Labute approximate surface area is 126 Å². The highest BCUT2D eigenvalue weighted by Crippen LogP contribution is 2.30. The molecule has 1 aromatic carbocycles. The number of ether oxygens (including phenoxy) is 1. The summed E-state index contributed by atoms with van der Waals surface area (Å²) in [5, 5.41) is 13.4. The molecule has 0 bridgehead atoms. The maximum Gasteiger partial charge on any atom is 0.573 e. The molecule has 1 aromatic heterocycles. The molecule has 2 rings (SSSR count). The molecule has 22 heavy (non-hydrogen) atoms. The average Bonchev–Trinajstić information content (AvgIpc) is 2.36. The second-order valence-corrected chi connectivity index (χ2v) is 4.35. The van der Waals surface area contributed by atoms with Crippen LogP contribution in [0.3, 0.4) is 0 Å². The van der Waals surface area contributed by atoms with Gasteiger partial charge in [-0.25, -0.2) is 4.98 Å². The van der Waals surface area contributed by atoms with E-state index in [1.807, 2.05) is 0 Å². The third kappa shape index (κ3) is 4.22. The van der Waals surface area contributed by atoms with E-state index < -0.39 is 17.0 Å². The molecule has 0 aliphatic heterocycles. The second kappa shape index (κ2) is 6.06. The number of alkyl halides is 3. The minimum Gasteiger partial charge on any atom is -0.406 e. The summed E-state index contributed by atoms with van der Waals surface area (Å²) >= 11 is 5.66. The van der Waals surface area contributed by atoms with E-state index >= 15 is 0 Å². The average molecular weight is 334 g/mol. The van der Waals surface area contributed by atoms with E-state index in [-0.39, 0.29) is 22.3 Å². The van der Waals surface area contributed by atoms with Crippen molar-refractivity contribution in [1.29, 1.82) is 0 Å². The Morgan fingerprint density at radius 1 is 1.27 bits per heavy atom. The summed E-state index contributed by atoms with van der Waals surface area (Å²) in [4.78, 5) is 13.9. The van der Waals surface area contributed by atoms with Gasteiger partial charge in [-0.2, -0.15) is 0 Å². The van der Waals surface area contributed by atoms with E-state index in [1.165, 1.54) is 18.2 Å². The van der Waals surface area contributed by atoms with E-state index in [2.05, 4.69) is 15.0 Å². The van der Waals surface area contributed by atoms with Crippen LogP contribution in [-0.4, -0.2) is 16.3 Å². The number of nitrogens with one attached hydrogen (secondary N) is 1. The normalized spacial score (nSPS) is 11.1. The van der Waals surface area contributed by atoms with Gasteiger partial charge in [0.15, 0.2) is 0 Å². The first-order chi connectivity index (χ1) is 10.2. The lowest BCUT2D eigenvalue weighted by Gasteiger charge is -2.11. The third-order valence-corrected chi connectivity index (χ3v) is 2.58. The standard InChI is InChI=1S/C12H7ClF3N3O3/c13-10-5-4-9(19(20)21)11(18-10)17-7-2-1-3-8(6-7)22-12(14,15)16/h1-6H,(H,17,18). The van der Waals surface area contributed by atoms with Gasteiger partial charge in [0.2, 0.25) is 5.82 Å². The van der Waals surface area contributed by atoms with Gasteiger partial charge >= 0.3 is 12.0 Å². The molecule has 0 fully saturated rings. The molecule has 10 heteroatoms. The molecule has 0 aliphatic rings. The van der Waals surface area contributed by atoms with Crippen LogP contribution in [0, 0.1) is 10.1 Å². The van der Waals surface area contributed by atoms with Gasteiger partial charge in [0, 0.05) is 17.8 Å². The highest BCUT2D eigenvalue weighted by atomic mass is 35.5. The van der Waals surface area contributed by atoms with Crippen LogP contribution in [0.15, 0.2) is 36.4 Å². The Morgan fingerprint density at radius 2 is 2.00 bits per heavy atom. The third-order valence-electron chi connectivity index (χ3n) is 2.37. The molecule has 0 unspecified atom stereocenters. The smallest absolute Gasteiger partial charge is 0.406 e. The monoisotopic (exact) mass is 333 g/mol. The first-order valence-electron chi connectivity index (χ1n) is 5.68. The lowest BCUT2D eigenvalue weighted by atomic mass is 10.3. The van der Waals surface area contributed by atoms with Crippen molar-refractivity contribution in [3.8, 4) is 5.75 Å². The SMILES string of the molecule is O=[N+]([O-])c1ccc(Cl)nc1Nc1cccc(OC(F)(F)F)c1. The quantitative estimate of drug-likeness (QED) is 0.513. The number of benzene rings is 1. The van der Waals surface area contributed by atoms with E-state index in [4.69, 9.17) is 11.6 Å². The molecule has 116 valence electrons. The number of aromatic nitrogens is 1.